The molecular formula is C13H7Cl2IN2S. The molecule has 96 valence electrons. The molecule has 6 heteroatoms. The molecule has 3 aromatic rings. The minimum Gasteiger partial charge on any atom is -0.330 e. The average Bonchev–Trinajstić information content (AvgIpc) is 2.65. The molecule has 19 heavy (non-hydrogen) atoms. The minimum atomic E-state index is 0.637. The van der Waals surface area contributed by atoms with Crippen molar-refractivity contribution < 1.29 is 0 Å². The standard InChI is InChI=1S/C13H7Cl2IN2S/c14-7-1-3-11(9(16)5-7)18-12-4-2-8(15)6-10(12)17-13(18)19/h1-6H,(H,17,19). The molecule has 0 radical (unpaired) electrons. The maximum absolute atomic E-state index is 6.00. The number of H-pyrrole nitrogens is 1. The fourth-order valence-corrected chi connectivity index (χ4v) is 3.58. The summed E-state index contributed by atoms with van der Waals surface area (Å²) < 4.78 is 3.66. The van der Waals surface area contributed by atoms with Crippen LogP contribution in [0.3, 0.4) is 0 Å². The van der Waals surface area contributed by atoms with E-state index in [-0.39, 0.29) is 0 Å². The van der Waals surface area contributed by atoms with Crippen LogP contribution in [0.4, 0.5) is 0 Å². The topological polar surface area (TPSA) is 20.7 Å². The molecule has 1 N–H and O–H groups in total. The van der Waals surface area contributed by atoms with Gasteiger partial charge in [-0.05, 0) is 71.2 Å². The van der Waals surface area contributed by atoms with E-state index in [1.165, 1.54) is 0 Å². The Labute approximate surface area is 138 Å². The highest BCUT2D eigenvalue weighted by Gasteiger charge is 2.10. The summed E-state index contributed by atoms with van der Waals surface area (Å²) >= 11 is 19.6. The lowest BCUT2D eigenvalue weighted by Crippen LogP contribution is -1.96. The molecule has 0 aliphatic carbocycles. The second-order valence-electron chi connectivity index (χ2n) is 4.02. The van der Waals surface area contributed by atoms with E-state index in [1.807, 2.05) is 41.0 Å². The van der Waals surface area contributed by atoms with E-state index < -0.39 is 0 Å². The Morgan fingerprint density at radius 3 is 2.47 bits per heavy atom. The molecule has 1 heterocycles. The van der Waals surface area contributed by atoms with E-state index in [0.29, 0.717) is 14.8 Å². The zero-order valence-corrected chi connectivity index (χ0v) is 13.9. The molecule has 1 aromatic heterocycles. The maximum Gasteiger partial charge on any atom is 0.182 e. The Kier molecular flexibility index (Phi) is 3.59. The third kappa shape index (κ3) is 2.42. The van der Waals surface area contributed by atoms with E-state index in [4.69, 9.17) is 35.4 Å². The summed E-state index contributed by atoms with van der Waals surface area (Å²) in [5.74, 6) is 0. The highest BCUT2D eigenvalue weighted by atomic mass is 127. The van der Waals surface area contributed by atoms with Crippen molar-refractivity contribution >= 4 is 69.0 Å². The summed E-state index contributed by atoms with van der Waals surface area (Å²) in [5.41, 5.74) is 2.92. The van der Waals surface area contributed by atoms with Gasteiger partial charge in [-0.2, -0.15) is 0 Å². The zero-order valence-electron chi connectivity index (χ0n) is 9.45. The monoisotopic (exact) mass is 420 g/mol. The quantitative estimate of drug-likeness (QED) is 0.401. The van der Waals surface area contributed by atoms with Gasteiger partial charge in [0.2, 0.25) is 0 Å². The van der Waals surface area contributed by atoms with Crippen molar-refractivity contribution in [1.29, 1.82) is 0 Å². The molecular weight excluding hydrogens is 414 g/mol. The lowest BCUT2D eigenvalue weighted by Gasteiger charge is -2.07. The smallest absolute Gasteiger partial charge is 0.182 e. The van der Waals surface area contributed by atoms with Crippen LogP contribution < -0.4 is 0 Å². The fraction of sp³-hybridized carbons (Fsp3) is 0. The summed E-state index contributed by atoms with van der Waals surface area (Å²) in [6, 6.07) is 11.4. The second-order valence-corrected chi connectivity index (χ2v) is 6.44. The molecule has 0 saturated heterocycles. The second kappa shape index (κ2) is 5.09. The van der Waals surface area contributed by atoms with Gasteiger partial charge in [0.25, 0.3) is 0 Å². The number of hydrogen-bond donors (Lipinski definition) is 1. The molecule has 2 nitrogen and oxygen atoms in total. The summed E-state index contributed by atoms with van der Waals surface area (Å²) in [6.45, 7) is 0. The molecule has 0 saturated carbocycles. The molecule has 2 aromatic carbocycles. The van der Waals surface area contributed by atoms with Crippen molar-refractivity contribution in [2.24, 2.45) is 0 Å². The lowest BCUT2D eigenvalue weighted by atomic mass is 10.3. The van der Waals surface area contributed by atoms with Crippen LogP contribution >= 0.6 is 58.0 Å². The van der Waals surface area contributed by atoms with Crippen LogP contribution in [-0.4, -0.2) is 9.55 Å². The van der Waals surface area contributed by atoms with E-state index >= 15 is 0 Å². The van der Waals surface area contributed by atoms with Crippen LogP contribution in [0.5, 0.6) is 0 Å². The van der Waals surface area contributed by atoms with Gasteiger partial charge in [-0.3, -0.25) is 4.57 Å². The number of nitrogens with one attached hydrogen (secondary N) is 1. The summed E-state index contributed by atoms with van der Waals surface area (Å²) in [5, 5.41) is 1.39. The SMILES string of the molecule is S=c1[nH]c2cc(Cl)ccc2n1-c1ccc(Cl)cc1I. The Morgan fingerprint density at radius 2 is 1.74 bits per heavy atom. The summed E-state index contributed by atoms with van der Waals surface area (Å²) in [6.07, 6.45) is 0. The first-order chi connectivity index (χ1) is 9.06. The van der Waals surface area contributed by atoms with Gasteiger partial charge in [0.15, 0.2) is 4.77 Å². The van der Waals surface area contributed by atoms with Crippen molar-refractivity contribution in [3.8, 4) is 5.69 Å². The van der Waals surface area contributed by atoms with E-state index in [9.17, 15) is 0 Å². The first-order valence-electron chi connectivity index (χ1n) is 5.42. The molecule has 0 bridgehead atoms. The summed E-state index contributed by atoms with van der Waals surface area (Å²) in [7, 11) is 0. The van der Waals surface area contributed by atoms with Gasteiger partial charge in [-0.1, -0.05) is 23.2 Å². The molecule has 0 unspecified atom stereocenters. The number of fused-ring (bicyclic) bond motifs is 1. The van der Waals surface area contributed by atoms with Gasteiger partial charge in [0, 0.05) is 13.6 Å². The third-order valence-electron chi connectivity index (χ3n) is 2.79. The number of aromatic amines is 1. The van der Waals surface area contributed by atoms with Gasteiger partial charge in [0.1, 0.15) is 0 Å². The Bertz CT molecular complexity index is 838. The van der Waals surface area contributed by atoms with Crippen molar-refractivity contribution in [3.63, 3.8) is 0 Å². The van der Waals surface area contributed by atoms with Crippen molar-refractivity contribution in [3.05, 3.63) is 54.8 Å². The molecule has 0 fully saturated rings. The number of imidazole rings is 1. The van der Waals surface area contributed by atoms with Crippen molar-refractivity contribution in [1.82, 2.24) is 9.55 Å². The Balaban J connectivity index is 2.36. The summed E-state index contributed by atoms with van der Waals surface area (Å²) in [4.78, 5) is 3.17. The highest BCUT2D eigenvalue weighted by Crippen LogP contribution is 2.27. The first kappa shape index (κ1) is 13.4. The Morgan fingerprint density at radius 1 is 1.05 bits per heavy atom. The number of aromatic nitrogens is 2. The van der Waals surface area contributed by atoms with Gasteiger partial charge < -0.3 is 4.98 Å². The molecule has 0 spiro atoms. The Hall–Kier alpha value is -0.560. The number of nitrogens with zero attached hydrogens (tertiary/aromatic N) is 1. The first-order valence-corrected chi connectivity index (χ1v) is 7.66. The number of benzene rings is 2. The van der Waals surface area contributed by atoms with Crippen LogP contribution in [0.25, 0.3) is 16.7 Å². The van der Waals surface area contributed by atoms with E-state index in [2.05, 4.69) is 27.6 Å². The van der Waals surface area contributed by atoms with Crippen LogP contribution in [0.2, 0.25) is 10.0 Å². The van der Waals surface area contributed by atoms with Gasteiger partial charge in [-0.15, -0.1) is 0 Å². The fourth-order valence-electron chi connectivity index (χ4n) is 1.99. The number of rotatable bonds is 1. The number of halogens is 3. The van der Waals surface area contributed by atoms with Gasteiger partial charge in [-0.25, -0.2) is 0 Å². The van der Waals surface area contributed by atoms with Crippen molar-refractivity contribution in [2.75, 3.05) is 0 Å². The van der Waals surface area contributed by atoms with Gasteiger partial charge in [0.05, 0.1) is 16.7 Å². The minimum absolute atomic E-state index is 0.637. The van der Waals surface area contributed by atoms with Crippen LogP contribution in [-0.2, 0) is 0 Å². The zero-order chi connectivity index (χ0) is 13.6. The molecule has 0 aliphatic heterocycles. The van der Waals surface area contributed by atoms with Crippen molar-refractivity contribution in [2.45, 2.75) is 0 Å². The third-order valence-corrected chi connectivity index (χ3v) is 4.41. The lowest BCUT2D eigenvalue weighted by molar-refractivity contribution is 1.06. The van der Waals surface area contributed by atoms with Crippen LogP contribution in [0.15, 0.2) is 36.4 Å². The maximum atomic E-state index is 6.00. The molecule has 3 rings (SSSR count). The molecule has 0 atom stereocenters. The molecule has 0 amide bonds. The predicted molar refractivity (Wildman–Crippen MR) is 91.2 cm³/mol. The average molecular weight is 421 g/mol. The van der Waals surface area contributed by atoms with Crippen LogP contribution in [0.1, 0.15) is 0 Å². The normalized spacial score (nSPS) is 11.1. The number of hydrogen-bond acceptors (Lipinski definition) is 1. The van der Waals surface area contributed by atoms with Gasteiger partial charge >= 0.3 is 0 Å². The van der Waals surface area contributed by atoms with E-state index in [1.54, 1.807) is 0 Å². The largest absolute Gasteiger partial charge is 0.330 e. The highest BCUT2D eigenvalue weighted by molar-refractivity contribution is 14.1. The molecule has 0 aliphatic rings. The van der Waals surface area contributed by atoms with E-state index in [0.717, 1.165) is 20.3 Å². The van der Waals surface area contributed by atoms with Crippen LogP contribution in [0, 0.1) is 8.34 Å². The predicted octanol–water partition coefficient (Wildman–Crippen LogP) is 5.60.